The highest BCUT2D eigenvalue weighted by atomic mass is 19.4. The summed E-state index contributed by atoms with van der Waals surface area (Å²) in [6.45, 7) is 3.50. The number of likely N-dealkylation sites (tertiary alicyclic amines) is 1. The number of nitrogens with zero attached hydrogens (tertiary/aromatic N) is 1. The van der Waals surface area contributed by atoms with E-state index in [1.807, 2.05) is 6.92 Å². The van der Waals surface area contributed by atoms with E-state index in [9.17, 15) is 23.1 Å². The number of ether oxygens (including phenoxy) is 2. The van der Waals surface area contributed by atoms with E-state index < -0.39 is 18.0 Å². The third kappa shape index (κ3) is 5.80. The van der Waals surface area contributed by atoms with E-state index >= 15 is 0 Å². The van der Waals surface area contributed by atoms with Gasteiger partial charge in [-0.05, 0) is 62.8 Å². The van der Waals surface area contributed by atoms with Gasteiger partial charge in [-0.3, -0.25) is 4.79 Å². The Hall–Kier alpha value is -2.06. The number of rotatable bonds is 7. The van der Waals surface area contributed by atoms with Gasteiger partial charge in [-0.25, -0.2) is 0 Å². The van der Waals surface area contributed by atoms with Crippen molar-refractivity contribution in [2.24, 2.45) is 5.92 Å². The third-order valence-corrected chi connectivity index (χ3v) is 5.89. The summed E-state index contributed by atoms with van der Waals surface area (Å²) in [4.78, 5) is 14.8. The van der Waals surface area contributed by atoms with Gasteiger partial charge in [0.05, 0.1) is 5.56 Å². The van der Waals surface area contributed by atoms with Crippen LogP contribution in [0, 0.1) is 5.92 Å². The Bertz CT molecular complexity index is 757. The van der Waals surface area contributed by atoms with Crippen molar-refractivity contribution in [3.05, 3.63) is 47.2 Å². The monoisotopic (exact) mass is 441 g/mol. The summed E-state index contributed by atoms with van der Waals surface area (Å²) >= 11 is 0. The zero-order valence-electron chi connectivity index (χ0n) is 17.7. The molecule has 0 unspecified atom stereocenters. The Morgan fingerprint density at radius 1 is 1.19 bits per heavy atom. The number of benzene rings is 1. The second kappa shape index (κ2) is 10.5. The standard InChI is InChI=1S/C23H30F3NO4/c1-2-30-22-18(7-6-14-28)19(16-8-10-17(11-9-16)23(24,25)26)15-20(31-22)21(29)27-12-4-3-5-13-27/h8-11,15,18-19,22,28H,2-7,12-14H2,1H3/t18-,19-,22-/m1/s1. The van der Waals surface area contributed by atoms with Crippen molar-refractivity contribution in [3.63, 3.8) is 0 Å². The molecule has 2 aliphatic heterocycles. The van der Waals surface area contributed by atoms with Gasteiger partial charge in [0, 0.05) is 38.1 Å². The number of hydrogen-bond donors (Lipinski definition) is 1. The molecule has 1 amide bonds. The fraction of sp³-hybridized carbons (Fsp3) is 0.609. The molecule has 2 aliphatic rings. The SMILES string of the molecule is CCO[C@@H]1OC(C(=O)N2CCCCC2)=C[C@H](c2ccc(C(F)(F)F)cc2)[C@H]1CCCO. The highest BCUT2D eigenvalue weighted by molar-refractivity contribution is 5.91. The van der Waals surface area contributed by atoms with E-state index in [0.29, 0.717) is 38.1 Å². The van der Waals surface area contributed by atoms with Crippen molar-refractivity contribution >= 4 is 5.91 Å². The van der Waals surface area contributed by atoms with Crippen LogP contribution in [0.2, 0.25) is 0 Å². The van der Waals surface area contributed by atoms with Crippen molar-refractivity contribution in [1.29, 1.82) is 0 Å². The van der Waals surface area contributed by atoms with Crippen molar-refractivity contribution in [3.8, 4) is 0 Å². The Balaban J connectivity index is 1.95. The van der Waals surface area contributed by atoms with Crippen molar-refractivity contribution < 1.29 is 32.5 Å². The first-order valence-electron chi connectivity index (χ1n) is 10.9. The van der Waals surface area contributed by atoms with Crippen LogP contribution in [0.3, 0.4) is 0 Å². The maximum absolute atomic E-state index is 13.1. The third-order valence-electron chi connectivity index (χ3n) is 5.89. The molecule has 1 fully saturated rings. The van der Waals surface area contributed by atoms with Gasteiger partial charge in [0.1, 0.15) is 0 Å². The smallest absolute Gasteiger partial charge is 0.416 e. The number of aliphatic hydroxyl groups excluding tert-OH is 1. The molecule has 31 heavy (non-hydrogen) atoms. The number of aliphatic hydroxyl groups is 1. The van der Waals surface area contributed by atoms with Gasteiger partial charge < -0.3 is 19.5 Å². The maximum Gasteiger partial charge on any atom is 0.416 e. The summed E-state index contributed by atoms with van der Waals surface area (Å²) in [6, 6.07) is 5.02. The molecule has 2 heterocycles. The van der Waals surface area contributed by atoms with E-state index in [1.165, 1.54) is 12.1 Å². The zero-order chi connectivity index (χ0) is 22.4. The molecule has 0 aromatic heterocycles. The van der Waals surface area contributed by atoms with Crippen molar-refractivity contribution in [2.45, 2.75) is 57.4 Å². The number of carbonyl (C=O) groups is 1. The average molecular weight is 441 g/mol. The first kappa shape index (κ1) is 23.6. The van der Waals surface area contributed by atoms with Crippen LogP contribution in [0.1, 0.15) is 56.1 Å². The van der Waals surface area contributed by atoms with Gasteiger partial charge in [-0.15, -0.1) is 0 Å². The number of halogens is 3. The van der Waals surface area contributed by atoms with Crippen molar-refractivity contribution in [2.75, 3.05) is 26.3 Å². The van der Waals surface area contributed by atoms with Gasteiger partial charge in [-0.2, -0.15) is 13.2 Å². The van der Waals surface area contributed by atoms with Gasteiger partial charge >= 0.3 is 6.18 Å². The van der Waals surface area contributed by atoms with E-state index in [4.69, 9.17) is 9.47 Å². The molecule has 0 bridgehead atoms. The minimum Gasteiger partial charge on any atom is -0.459 e. The number of carbonyl (C=O) groups excluding carboxylic acids is 1. The molecule has 0 radical (unpaired) electrons. The number of hydrogen-bond acceptors (Lipinski definition) is 4. The van der Waals surface area contributed by atoms with E-state index in [1.54, 1.807) is 11.0 Å². The molecule has 0 spiro atoms. The molecular formula is C23H30F3NO4. The number of piperidine rings is 1. The summed E-state index contributed by atoms with van der Waals surface area (Å²) in [7, 11) is 0. The molecule has 172 valence electrons. The number of alkyl halides is 3. The summed E-state index contributed by atoms with van der Waals surface area (Å²) in [6.07, 6.45) is 0.609. The number of allylic oxidation sites excluding steroid dienone is 1. The fourth-order valence-electron chi connectivity index (χ4n) is 4.28. The molecule has 8 heteroatoms. The average Bonchev–Trinajstić information content (AvgIpc) is 2.77. The second-order valence-corrected chi connectivity index (χ2v) is 8.00. The van der Waals surface area contributed by atoms with Crippen LogP contribution >= 0.6 is 0 Å². The lowest BCUT2D eigenvalue weighted by Gasteiger charge is -2.38. The molecule has 1 aromatic carbocycles. The summed E-state index contributed by atoms with van der Waals surface area (Å²) in [5.74, 6) is -0.614. The summed E-state index contributed by atoms with van der Waals surface area (Å²) in [5, 5.41) is 9.32. The molecule has 3 rings (SSSR count). The Morgan fingerprint density at radius 2 is 1.87 bits per heavy atom. The van der Waals surface area contributed by atoms with Crippen LogP contribution in [-0.4, -0.2) is 48.5 Å². The van der Waals surface area contributed by atoms with Gasteiger partial charge in [0.25, 0.3) is 5.91 Å². The molecule has 5 nitrogen and oxygen atoms in total. The maximum atomic E-state index is 13.1. The van der Waals surface area contributed by atoms with E-state index in [2.05, 4.69) is 0 Å². The molecule has 0 aliphatic carbocycles. The quantitative estimate of drug-likeness (QED) is 0.679. The lowest BCUT2D eigenvalue weighted by Crippen LogP contribution is -2.42. The highest BCUT2D eigenvalue weighted by Crippen LogP contribution is 2.40. The first-order valence-corrected chi connectivity index (χ1v) is 10.9. The lowest BCUT2D eigenvalue weighted by molar-refractivity contribution is -0.170. The minimum atomic E-state index is -4.41. The Labute approximate surface area is 180 Å². The van der Waals surface area contributed by atoms with Crippen LogP contribution < -0.4 is 0 Å². The van der Waals surface area contributed by atoms with E-state index in [-0.39, 0.29) is 30.1 Å². The largest absolute Gasteiger partial charge is 0.459 e. The van der Waals surface area contributed by atoms with Crippen LogP contribution in [0.15, 0.2) is 36.1 Å². The summed E-state index contributed by atoms with van der Waals surface area (Å²) < 4.78 is 50.8. The Kier molecular flexibility index (Phi) is 8.00. The molecule has 3 atom stereocenters. The predicted octanol–water partition coefficient (Wildman–Crippen LogP) is 4.47. The Morgan fingerprint density at radius 3 is 2.45 bits per heavy atom. The van der Waals surface area contributed by atoms with Crippen LogP contribution in [0.25, 0.3) is 0 Å². The zero-order valence-corrected chi connectivity index (χ0v) is 17.7. The highest BCUT2D eigenvalue weighted by Gasteiger charge is 2.39. The minimum absolute atomic E-state index is 0.0155. The predicted molar refractivity (Wildman–Crippen MR) is 109 cm³/mol. The normalized spacial score (nSPS) is 24.5. The topological polar surface area (TPSA) is 59.0 Å². The van der Waals surface area contributed by atoms with Crippen LogP contribution in [0.5, 0.6) is 0 Å². The lowest BCUT2D eigenvalue weighted by atomic mass is 9.80. The van der Waals surface area contributed by atoms with Crippen LogP contribution in [-0.2, 0) is 20.4 Å². The van der Waals surface area contributed by atoms with Gasteiger partial charge in [0.15, 0.2) is 5.76 Å². The van der Waals surface area contributed by atoms with Gasteiger partial charge in [0.2, 0.25) is 6.29 Å². The van der Waals surface area contributed by atoms with Crippen LogP contribution in [0.4, 0.5) is 13.2 Å². The first-order chi connectivity index (χ1) is 14.8. The molecular weight excluding hydrogens is 411 g/mol. The second-order valence-electron chi connectivity index (χ2n) is 8.00. The van der Waals surface area contributed by atoms with Gasteiger partial charge in [-0.1, -0.05) is 12.1 Å². The fourth-order valence-corrected chi connectivity index (χ4v) is 4.28. The van der Waals surface area contributed by atoms with Crippen molar-refractivity contribution in [1.82, 2.24) is 4.90 Å². The molecule has 1 aromatic rings. The molecule has 1 N–H and O–H groups in total. The number of amides is 1. The summed E-state index contributed by atoms with van der Waals surface area (Å²) in [5.41, 5.74) is -0.0574. The molecule has 1 saturated heterocycles. The van der Waals surface area contributed by atoms with E-state index in [0.717, 1.165) is 31.4 Å². The molecule has 0 saturated carbocycles.